The van der Waals surface area contributed by atoms with Crippen molar-refractivity contribution in [2.75, 3.05) is 10.6 Å². The molecule has 0 atom stereocenters. The van der Waals surface area contributed by atoms with Crippen molar-refractivity contribution >= 4 is 34.7 Å². The lowest BCUT2D eigenvalue weighted by atomic mass is 10.2. The Morgan fingerprint density at radius 1 is 1.04 bits per heavy atom. The van der Waals surface area contributed by atoms with E-state index in [4.69, 9.17) is 11.6 Å². The van der Waals surface area contributed by atoms with Gasteiger partial charge in [-0.25, -0.2) is 18.7 Å². The molecule has 0 radical (unpaired) electrons. The molecule has 2 aromatic carbocycles. The molecule has 0 bridgehead atoms. The Bertz CT molecular complexity index is 981. The molecule has 26 heavy (non-hydrogen) atoms. The first-order chi connectivity index (χ1) is 12.4. The van der Waals surface area contributed by atoms with Gasteiger partial charge in [0, 0.05) is 17.8 Å². The first-order valence-corrected chi connectivity index (χ1v) is 7.94. The number of amides is 1. The average Bonchev–Trinajstić information content (AvgIpc) is 2.59. The summed E-state index contributed by atoms with van der Waals surface area (Å²) >= 11 is 6.03. The molecular formula is C18H13ClF2N4O. The second-order valence-electron chi connectivity index (χ2n) is 5.37. The number of nitrogens with one attached hydrogen (secondary N) is 2. The smallest absolute Gasteiger partial charge is 0.274 e. The Morgan fingerprint density at radius 2 is 1.81 bits per heavy atom. The van der Waals surface area contributed by atoms with Gasteiger partial charge in [-0.15, -0.1) is 0 Å². The number of aryl methyl sites for hydroxylation is 1. The van der Waals surface area contributed by atoms with E-state index in [9.17, 15) is 13.6 Å². The highest BCUT2D eigenvalue weighted by Crippen LogP contribution is 2.22. The van der Waals surface area contributed by atoms with Crippen LogP contribution in [0.5, 0.6) is 0 Å². The van der Waals surface area contributed by atoms with E-state index in [2.05, 4.69) is 20.6 Å². The number of halogens is 3. The Morgan fingerprint density at radius 3 is 2.54 bits per heavy atom. The van der Waals surface area contributed by atoms with Gasteiger partial charge in [-0.2, -0.15) is 0 Å². The molecule has 1 amide bonds. The molecule has 132 valence electrons. The zero-order valence-electron chi connectivity index (χ0n) is 13.6. The van der Waals surface area contributed by atoms with Gasteiger partial charge in [-0.3, -0.25) is 4.79 Å². The molecule has 0 unspecified atom stereocenters. The highest BCUT2D eigenvalue weighted by molar-refractivity contribution is 6.33. The Balaban J connectivity index is 1.84. The molecule has 0 aliphatic heterocycles. The number of nitrogens with zero attached hydrogens (tertiary/aromatic N) is 2. The van der Waals surface area contributed by atoms with E-state index in [1.165, 1.54) is 12.1 Å². The van der Waals surface area contributed by atoms with Crippen molar-refractivity contribution in [2.24, 2.45) is 0 Å². The quantitative estimate of drug-likeness (QED) is 0.694. The maximum absolute atomic E-state index is 13.3. The molecule has 3 rings (SSSR count). The molecule has 0 aliphatic carbocycles. The van der Waals surface area contributed by atoms with Crippen LogP contribution in [-0.4, -0.2) is 15.9 Å². The number of benzene rings is 2. The lowest BCUT2D eigenvalue weighted by Crippen LogP contribution is -2.15. The van der Waals surface area contributed by atoms with Gasteiger partial charge in [0.2, 0.25) is 0 Å². The van der Waals surface area contributed by atoms with Crippen LogP contribution in [0.4, 0.5) is 26.0 Å². The molecule has 0 aliphatic rings. The lowest BCUT2D eigenvalue weighted by molar-refractivity contribution is 0.102. The number of para-hydroxylation sites is 1. The minimum absolute atomic E-state index is 0.0995. The fourth-order valence-electron chi connectivity index (χ4n) is 2.22. The van der Waals surface area contributed by atoms with E-state index in [0.29, 0.717) is 22.2 Å². The van der Waals surface area contributed by atoms with Crippen LogP contribution >= 0.6 is 11.6 Å². The third-order valence-corrected chi connectivity index (χ3v) is 3.71. The summed E-state index contributed by atoms with van der Waals surface area (Å²) in [7, 11) is 0. The van der Waals surface area contributed by atoms with Crippen molar-refractivity contribution in [1.82, 2.24) is 9.97 Å². The first kappa shape index (κ1) is 17.8. The van der Waals surface area contributed by atoms with Crippen LogP contribution in [0.15, 0.2) is 48.5 Å². The summed E-state index contributed by atoms with van der Waals surface area (Å²) in [6.45, 7) is 1.61. The normalized spacial score (nSPS) is 10.5. The summed E-state index contributed by atoms with van der Waals surface area (Å²) in [5, 5.41) is 5.88. The van der Waals surface area contributed by atoms with E-state index in [1.54, 1.807) is 31.2 Å². The highest BCUT2D eigenvalue weighted by Gasteiger charge is 2.13. The summed E-state index contributed by atoms with van der Waals surface area (Å²) in [6, 6.07) is 11.6. The van der Waals surface area contributed by atoms with Crippen molar-refractivity contribution in [1.29, 1.82) is 0 Å². The number of hydrogen-bond donors (Lipinski definition) is 2. The predicted octanol–water partition coefficient (Wildman–Crippen LogP) is 4.71. The number of anilines is 3. The second kappa shape index (κ2) is 7.45. The van der Waals surface area contributed by atoms with E-state index in [0.717, 1.165) is 12.1 Å². The minimum Gasteiger partial charge on any atom is -0.340 e. The van der Waals surface area contributed by atoms with Gasteiger partial charge in [-0.05, 0) is 31.2 Å². The van der Waals surface area contributed by atoms with Gasteiger partial charge >= 0.3 is 0 Å². The molecular weight excluding hydrogens is 362 g/mol. The third-order valence-electron chi connectivity index (χ3n) is 3.38. The summed E-state index contributed by atoms with van der Waals surface area (Å²) < 4.78 is 26.3. The first-order valence-electron chi connectivity index (χ1n) is 7.56. The number of carbonyl (C=O) groups excluding carboxylic acids is 1. The van der Waals surface area contributed by atoms with Crippen LogP contribution in [-0.2, 0) is 0 Å². The van der Waals surface area contributed by atoms with Gasteiger partial charge in [0.15, 0.2) is 11.6 Å². The topological polar surface area (TPSA) is 66.9 Å². The van der Waals surface area contributed by atoms with Crippen LogP contribution in [0.2, 0.25) is 5.02 Å². The largest absolute Gasteiger partial charge is 0.340 e. The highest BCUT2D eigenvalue weighted by atomic mass is 35.5. The summed E-state index contributed by atoms with van der Waals surface area (Å²) in [6.07, 6.45) is 0. The van der Waals surface area contributed by atoms with Crippen LogP contribution in [0, 0.1) is 18.6 Å². The Kier molecular flexibility index (Phi) is 5.09. The monoisotopic (exact) mass is 374 g/mol. The molecule has 3 aromatic rings. The molecule has 0 fully saturated rings. The fourth-order valence-corrected chi connectivity index (χ4v) is 2.40. The Labute approximate surface area is 153 Å². The van der Waals surface area contributed by atoms with Gasteiger partial charge in [0.25, 0.3) is 5.91 Å². The number of hydrogen-bond acceptors (Lipinski definition) is 4. The lowest BCUT2D eigenvalue weighted by Gasteiger charge is -2.10. The van der Waals surface area contributed by atoms with E-state index < -0.39 is 17.5 Å². The molecule has 1 aromatic heterocycles. The average molecular weight is 375 g/mol. The standard InChI is InChI=1S/C18H13ClF2N4O/c1-10-22-16(18(26)25-15-5-3-2-4-12(15)19)9-17(23-10)24-11-6-7-13(20)14(21)8-11/h2-9H,1H3,(H,25,26)(H,22,23,24). The zero-order valence-corrected chi connectivity index (χ0v) is 14.3. The molecule has 0 saturated carbocycles. The summed E-state index contributed by atoms with van der Waals surface area (Å²) in [5.74, 6) is -1.81. The SMILES string of the molecule is Cc1nc(Nc2ccc(F)c(F)c2)cc(C(=O)Nc2ccccc2Cl)n1. The minimum atomic E-state index is -0.988. The van der Waals surface area contributed by atoms with E-state index >= 15 is 0 Å². The maximum Gasteiger partial charge on any atom is 0.274 e. The fraction of sp³-hybridized carbons (Fsp3) is 0.0556. The van der Waals surface area contributed by atoms with Crippen molar-refractivity contribution in [3.8, 4) is 0 Å². The molecule has 8 heteroatoms. The molecule has 0 saturated heterocycles. The number of rotatable bonds is 4. The van der Waals surface area contributed by atoms with Gasteiger partial charge < -0.3 is 10.6 Å². The predicted molar refractivity (Wildman–Crippen MR) is 95.8 cm³/mol. The Hall–Kier alpha value is -3.06. The maximum atomic E-state index is 13.3. The van der Waals surface area contributed by atoms with Crippen molar-refractivity contribution in [3.05, 3.63) is 76.7 Å². The zero-order chi connectivity index (χ0) is 18.7. The van der Waals surface area contributed by atoms with Crippen molar-refractivity contribution in [2.45, 2.75) is 6.92 Å². The van der Waals surface area contributed by atoms with Crippen LogP contribution in [0.25, 0.3) is 0 Å². The van der Waals surface area contributed by atoms with Crippen LogP contribution in [0.3, 0.4) is 0 Å². The van der Waals surface area contributed by atoms with Crippen molar-refractivity contribution in [3.63, 3.8) is 0 Å². The van der Waals surface area contributed by atoms with E-state index in [1.807, 2.05) is 0 Å². The van der Waals surface area contributed by atoms with Gasteiger partial charge in [-0.1, -0.05) is 23.7 Å². The molecule has 1 heterocycles. The summed E-state index contributed by atoms with van der Waals surface area (Å²) in [5.41, 5.74) is 0.840. The van der Waals surface area contributed by atoms with Crippen molar-refractivity contribution < 1.29 is 13.6 Å². The van der Waals surface area contributed by atoms with Gasteiger partial charge in [0.05, 0.1) is 10.7 Å². The van der Waals surface area contributed by atoms with Gasteiger partial charge in [0.1, 0.15) is 17.3 Å². The third kappa shape index (κ3) is 4.12. The molecule has 5 nitrogen and oxygen atoms in total. The summed E-state index contributed by atoms with van der Waals surface area (Å²) in [4.78, 5) is 20.7. The van der Waals surface area contributed by atoms with Crippen LogP contribution < -0.4 is 10.6 Å². The van der Waals surface area contributed by atoms with E-state index in [-0.39, 0.29) is 11.5 Å². The molecule has 2 N–H and O–H groups in total. The second-order valence-corrected chi connectivity index (χ2v) is 5.78. The number of aromatic nitrogens is 2. The molecule has 0 spiro atoms. The van der Waals surface area contributed by atoms with Crippen LogP contribution in [0.1, 0.15) is 16.3 Å². The number of carbonyl (C=O) groups is 1.